The van der Waals surface area contributed by atoms with Gasteiger partial charge in [0, 0.05) is 17.0 Å². The monoisotopic (exact) mass is 472 g/mol. The molecule has 0 saturated heterocycles. The van der Waals surface area contributed by atoms with Crippen LogP contribution in [0.4, 0.5) is 5.69 Å². The number of hydrogen-bond donors (Lipinski definition) is 1. The number of carbonyl (C=O) groups excluding carboxylic acids is 1. The van der Waals surface area contributed by atoms with E-state index in [0.717, 1.165) is 21.5 Å². The molecule has 8 nitrogen and oxygen atoms in total. The molecule has 170 valence electrons. The molecule has 0 atom stereocenters. The summed E-state index contributed by atoms with van der Waals surface area (Å²) in [6, 6.07) is 18.8. The largest absolute Gasteiger partial charge is 0.497 e. The molecule has 0 spiro atoms. The topological polar surface area (TPSA) is 95.3 Å². The van der Waals surface area contributed by atoms with Crippen LogP contribution in [0.15, 0.2) is 71.8 Å². The predicted molar refractivity (Wildman–Crippen MR) is 133 cm³/mol. The van der Waals surface area contributed by atoms with Gasteiger partial charge in [-0.25, -0.2) is 9.97 Å². The van der Waals surface area contributed by atoms with E-state index in [1.54, 1.807) is 25.3 Å². The van der Waals surface area contributed by atoms with Crippen molar-refractivity contribution < 1.29 is 14.3 Å². The maximum atomic E-state index is 13.1. The molecular formula is C25H20N4O4S. The lowest BCUT2D eigenvalue weighted by Crippen LogP contribution is -2.27. The highest BCUT2D eigenvalue weighted by Gasteiger charge is 2.16. The third-order valence-electron chi connectivity index (χ3n) is 5.38. The molecule has 0 aliphatic heterocycles. The third-order valence-corrected chi connectivity index (χ3v) is 6.45. The van der Waals surface area contributed by atoms with E-state index in [2.05, 4.69) is 10.3 Å². The second-order valence-electron chi connectivity index (χ2n) is 7.49. The summed E-state index contributed by atoms with van der Waals surface area (Å²) < 4.78 is 12.2. The summed E-state index contributed by atoms with van der Waals surface area (Å²) in [7, 11) is 3.06. The van der Waals surface area contributed by atoms with Gasteiger partial charge in [0.2, 0.25) is 5.91 Å². The molecule has 0 unspecified atom stereocenters. The lowest BCUT2D eigenvalue weighted by Gasteiger charge is -2.12. The molecule has 0 aliphatic carbocycles. The van der Waals surface area contributed by atoms with Crippen LogP contribution in [-0.4, -0.2) is 34.7 Å². The summed E-state index contributed by atoms with van der Waals surface area (Å²) in [6.07, 6.45) is 1.40. The van der Waals surface area contributed by atoms with E-state index in [-0.39, 0.29) is 18.0 Å². The number of ether oxygens (including phenoxy) is 2. The standard InChI is InChI=1S/C25H20N4O4S/c1-32-16-8-10-19(20(12-16)33-2)27-21(30)13-29-14-26-22-17-9-11-18(15-6-4-3-5-7-15)28-24(17)34-23(22)25(29)31/h3-12,14H,13H2,1-2H3,(H,27,30). The number of fused-ring (bicyclic) bond motifs is 3. The molecule has 1 N–H and O–H groups in total. The number of nitrogens with one attached hydrogen (secondary N) is 1. The number of anilines is 1. The van der Waals surface area contributed by atoms with Crippen molar-refractivity contribution in [1.29, 1.82) is 0 Å². The first kappa shape index (κ1) is 21.6. The summed E-state index contributed by atoms with van der Waals surface area (Å²) >= 11 is 1.28. The number of methoxy groups -OCH3 is 2. The summed E-state index contributed by atoms with van der Waals surface area (Å²) in [4.78, 5) is 35.7. The Hall–Kier alpha value is -4.24. The number of nitrogens with zero attached hydrogens (tertiary/aromatic N) is 3. The Bertz CT molecular complexity index is 1580. The van der Waals surface area contributed by atoms with Gasteiger partial charge in [-0.3, -0.25) is 14.2 Å². The maximum Gasteiger partial charge on any atom is 0.271 e. The highest BCUT2D eigenvalue weighted by molar-refractivity contribution is 7.25. The van der Waals surface area contributed by atoms with Crippen LogP contribution in [0.5, 0.6) is 11.5 Å². The van der Waals surface area contributed by atoms with Crippen molar-refractivity contribution in [2.75, 3.05) is 19.5 Å². The molecule has 0 saturated carbocycles. The Morgan fingerprint density at radius 3 is 2.65 bits per heavy atom. The van der Waals surface area contributed by atoms with Crippen molar-refractivity contribution in [2.24, 2.45) is 0 Å². The number of carbonyl (C=O) groups is 1. The predicted octanol–water partition coefficient (Wildman–Crippen LogP) is 4.33. The zero-order chi connectivity index (χ0) is 23.7. The van der Waals surface area contributed by atoms with E-state index in [4.69, 9.17) is 14.5 Å². The molecule has 1 amide bonds. The van der Waals surface area contributed by atoms with Gasteiger partial charge in [0.25, 0.3) is 5.56 Å². The van der Waals surface area contributed by atoms with Crippen LogP contribution < -0.4 is 20.3 Å². The Morgan fingerprint density at radius 2 is 1.88 bits per heavy atom. The number of amides is 1. The molecule has 2 aromatic carbocycles. The number of hydrogen-bond acceptors (Lipinski definition) is 7. The van der Waals surface area contributed by atoms with Crippen LogP contribution in [0.25, 0.3) is 31.7 Å². The van der Waals surface area contributed by atoms with Gasteiger partial charge in [-0.2, -0.15) is 0 Å². The summed E-state index contributed by atoms with van der Waals surface area (Å²) in [5, 5.41) is 3.59. The lowest BCUT2D eigenvalue weighted by atomic mass is 10.1. The van der Waals surface area contributed by atoms with Crippen molar-refractivity contribution in [3.8, 4) is 22.8 Å². The molecule has 3 aromatic heterocycles. The highest BCUT2D eigenvalue weighted by atomic mass is 32.1. The maximum absolute atomic E-state index is 13.1. The number of thiophene rings is 1. The van der Waals surface area contributed by atoms with E-state index < -0.39 is 0 Å². The van der Waals surface area contributed by atoms with E-state index in [9.17, 15) is 9.59 Å². The molecule has 0 bridgehead atoms. The molecule has 3 heterocycles. The fraction of sp³-hybridized carbons (Fsp3) is 0.120. The van der Waals surface area contributed by atoms with Gasteiger partial charge in [0.15, 0.2) is 0 Å². The average molecular weight is 473 g/mol. The Labute approximate surface area is 198 Å². The quantitative estimate of drug-likeness (QED) is 0.395. The molecule has 5 aromatic rings. The van der Waals surface area contributed by atoms with Gasteiger partial charge in [-0.1, -0.05) is 30.3 Å². The second kappa shape index (κ2) is 8.95. The number of aromatic nitrogens is 3. The third kappa shape index (κ3) is 3.97. The van der Waals surface area contributed by atoms with Gasteiger partial charge in [0.05, 0.1) is 37.4 Å². The second-order valence-corrected chi connectivity index (χ2v) is 8.49. The number of benzene rings is 2. The fourth-order valence-electron chi connectivity index (χ4n) is 3.68. The van der Waals surface area contributed by atoms with E-state index in [0.29, 0.717) is 27.4 Å². The molecule has 0 fully saturated rings. The normalized spacial score (nSPS) is 11.0. The van der Waals surface area contributed by atoms with Crippen molar-refractivity contribution >= 4 is 43.4 Å². The van der Waals surface area contributed by atoms with Gasteiger partial charge < -0.3 is 14.8 Å². The van der Waals surface area contributed by atoms with Crippen LogP contribution in [-0.2, 0) is 11.3 Å². The minimum atomic E-state index is -0.377. The lowest BCUT2D eigenvalue weighted by molar-refractivity contribution is -0.116. The van der Waals surface area contributed by atoms with Crippen LogP contribution in [0, 0.1) is 0 Å². The van der Waals surface area contributed by atoms with Crippen LogP contribution in [0.2, 0.25) is 0 Å². The Morgan fingerprint density at radius 1 is 1.06 bits per heavy atom. The smallest absolute Gasteiger partial charge is 0.271 e. The van der Waals surface area contributed by atoms with Crippen molar-refractivity contribution in [3.63, 3.8) is 0 Å². The Kier molecular flexibility index (Phi) is 5.69. The molecule has 5 rings (SSSR count). The minimum absolute atomic E-state index is 0.187. The number of rotatable bonds is 6. The van der Waals surface area contributed by atoms with Crippen molar-refractivity contribution in [1.82, 2.24) is 14.5 Å². The number of pyridine rings is 1. The van der Waals surface area contributed by atoms with Gasteiger partial charge in [-0.15, -0.1) is 11.3 Å². The van der Waals surface area contributed by atoms with E-state index in [1.807, 2.05) is 42.5 Å². The molecule has 34 heavy (non-hydrogen) atoms. The molecule has 9 heteroatoms. The zero-order valence-corrected chi connectivity index (χ0v) is 19.3. The van der Waals surface area contributed by atoms with Crippen LogP contribution >= 0.6 is 11.3 Å². The zero-order valence-electron chi connectivity index (χ0n) is 18.4. The van der Waals surface area contributed by atoms with Gasteiger partial charge in [-0.05, 0) is 24.3 Å². The van der Waals surface area contributed by atoms with Gasteiger partial charge >= 0.3 is 0 Å². The van der Waals surface area contributed by atoms with E-state index >= 15 is 0 Å². The minimum Gasteiger partial charge on any atom is -0.497 e. The van der Waals surface area contributed by atoms with Crippen LogP contribution in [0.1, 0.15) is 0 Å². The summed E-state index contributed by atoms with van der Waals surface area (Å²) in [6.45, 7) is -0.187. The Balaban J connectivity index is 1.44. The van der Waals surface area contributed by atoms with Crippen molar-refractivity contribution in [2.45, 2.75) is 6.54 Å². The molecular weight excluding hydrogens is 452 g/mol. The van der Waals surface area contributed by atoms with Crippen LogP contribution in [0.3, 0.4) is 0 Å². The molecule has 0 radical (unpaired) electrons. The first-order valence-electron chi connectivity index (χ1n) is 10.4. The fourth-order valence-corrected chi connectivity index (χ4v) is 4.75. The first-order valence-corrected chi connectivity index (χ1v) is 11.2. The summed E-state index contributed by atoms with van der Waals surface area (Å²) in [5.74, 6) is 0.685. The highest BCUT2D eigenvalue weighted by Crippen LogP contribution is 2.31. The van der Waals surface area contributed by atoms with Gasteiger partial charge in [0.1, 0.15) is 27.6 Å². The first-order chi connectivity index (χ1) is 16.6. The van der Waals surface area contributed by atoms with E-state index in [1.165, 1.54) is 29.3 Å². The summed E-state index contributed by atoms with van der Waals surface area (Å²) in [5.41, 5.74) is 2.61. The average Bonchev–Trinajstić information content (AvgIpc) is 3.25. The molecule has 0 aliphatic rings. The SMILES string of the molecule is COc1ccc(NC(=O)Cn2cnc3c(sc4nc(-c5ccccc5)ccc43)c2=O)c(OC)c1. The van der Waals surface area contributed by atoms with Crippen molar-refractivity contribution in [3.05, 3.63) is 77.3 Å².